The lowest BCUT2D eigenvalue weighted by Crippen LogP contribution is -2.41. The number of nitrogens with one attached hydrogen (secondary N) is 1. The van der Waals surface area contributed by atoms with E-state index in [0.29, 0.717) is 22.6 Å². The lowest BCUT2D eigenvalue weighted by Gasteiger charge is -2.22. The summed E-state index contributed by atoms with van der Waals surface area (Å²) < 4.78 is 10.6. The Labute approximate surface area is 162 Å². The van der Waals surface area contributed by atoms with Crippen molar-refractivity contribution in [1.29, 1.82) is 0 Å². The summed E-state index contributed by atoms with van der Waals surface area (Å²) >= 11 is 0. The van der Waals surface area contributed by atoms with Crippen molar-refractivity contribution >= 4 is 17.7 Å². The number of Topliss-reactive ketones (excluding diaryl/α,β-unsaturated/α-hetero) is 1. The van der Waals surface area contributed by atoms with Crippen LogP contribution in [0, 0.1) is 0 Å². The van der Waals surface area contributed by atoms with Crippen LogP contribution in [-0.4, -0.2) is 36.0 Å². The van der Waals surface area contributed by atoms with Crippen molar-refractivity contribution in [1.82, 2.24) is 10.2 Å². The molecule has 2 aliphatic rings. The predicted molar refractivity (Wildman–Crippen MR) is 100 cm³/mol. The fraction of sp³-hybridized carbons (Fsp3) is 0.286. The van der Waals surface area contributed by atoms with Gasteiger partial charge < -0.3 is 14.8 Å². The van der Waals surface area contributed by atoms with Crippen LogP contribution in [0.4, 0.5) is 4.79 Å². The summed E-state index contributed by atoms with van der Waals surface area (Å²) in [7, 11) is 0. The van der Waals surface area contributed by atoms with E-state index in [-0.39, 0.29) is 19.1 Å². The van der Waals surface area contributed by atoms with E-state index in [0.717, 1.165) is 16.9 Å². The maximum atomic E-state index is 13.0. The van der Waals surface area contributed by atoms with Crippen molar-refractivity contribution < 1.29 is 23.9 Å². The first-order chi connectivity index (χ1) is 13.4. The second-order valence-electron chi connectivity index (χ2n) is 6.99. The van der Waals surface area contributed by atoms with E-state index in [2.05, 4.69) is 5.32 Å². The summed E-state index contributed by atoms with van der Waals surface area (Å²) in [5, 5.41) is 2.70. The molecular formula is C21H20N2O5. The zero-order valence-corrected chi connectivity index (χ0v) is 15.7. The SMILES string of the molecule is CCc1ccc(C(=O)CN2C(=O)NC(C)(c3ccc4c(c3)OCO4)C2=O)cc1. The minimum atomic E-state index is -1.27. The van der Waals surface area contributed by atoms with Crippen LogP contribution in [0.2, 0.25) is 0 Å². The highest BCUT2D eigenvalue weighted by molar-refractivity contribution is 6.11. The average Bonchev–Trinajstić information content (AvgIpc) is 3.26. The topological polar surface area (TPSA) is 84.9 Å². The Balaban J connectivity index is 1.55. The van der Waals surface area contributed by atoms with Crippen molar-refractivity contribution in [2.45, 2.75) is 25.8 Å². The molecule has 28 heavy (non-hydrogen) atoms. The molecule has 0 saturated carbocycles. The maximum Gasteiger partial charge on any atom is 0.325 e. The van der Waals surface area contributed by atoms with Crippen LogP contribution >= 0.6 is 0 Å². The van der Waals surface area contributed by atoms with Crippen molar-refractivity contribution in [2.24, 2.45) is 0 Å². The number of carbonyl (C=O) groups excluding carboxylic acids is 3. The molecule has 1 atom stereocenters. The third-order valence-electron chi connectivity index (χ3n) is 5.21. The van der Waals surface area contributed by atoms with E-state index in [4.69, 9.17) is 9.47 Å². The number of amides is 3. The first-order valence-electron chi connectivity index (χ1n) is 9.09. The Morgan fingerprint density at radius 2 is 1.82 bits per heavy atom. The molecule has 1 unspecified atom stereocenters. The Hall–Kier alpha value is -3.35. The Morgan fingerprint density at radius 1 is 1.11 bits per heavy atom. The largest absolute Gasteiger partial charge is 0.454 e. The molecule has 7 heteroatoms. The number of hydrogen-bond donors (Lipinski definition) is 1. The number of benzene rings is 2. The first-order valence-corrected chi connectivity index (χ1v) is 9.09. The number of carbonyl (C=O) groups is 3. The number of urea groups is 1. The van der Waals surface area contributed by atoms with Crippen LogP contribution in [-0.2, 0) is 16.8 Å². The molecule has 2 aliphatic heterocycles. The molecule has 1 fully saturated rings. The van der Waals surface area contributed by atoms with E-state index in [1.807, 2.05) is 19.1 Å². The molecule has 2 aromatic carbocycles. The van der Waals surface area contributed by atoms with Gasteiger partial charge in [0.2, 0.25) is 6.79 Å². The molecule has 2 aromatic rings. The van der Waals surface area contributed by atoms with Crippen LogP contribution in [0.15, 0.2) is 42.5 Å². The standard InChI is InChI=1S/C21H20N2O5/c1-3-13-4-6-14(7-5-13)16(24)11-23-19(25)21(2,22-20(23)26)15-8-9-17-18(10-15)28-12-27-17/h4-10H,3,11-12H2,1-2H3,(H,22,26). The summed E-state index contributed by atoms with van der Waals surface area (Å²) in [5.41, 5.74) is 0.874. The number of aryl methyl sites for hydroxylation is 1. The third-order valence-corrected chi connectivity index (χ3v) is 5.21. The molecule has 2 heterocycles. The molecule has 4 rings (SSSR count). The van der Waals surface area contributed by atoms with Crippen LogP contribution in [0.5, 0.6) is 11.5 Å². The van der Waals surface area contributed by atoms with Crippen molar-refractivity contribution in [2.75, 3.05) is 13.3 Å². The summed E-state index contributed by atoms with van der Waals surface area (Å²) in [6.45, 7) is 3.45. The van der Waals surface area contributed by atoms with Crippen molar-refractivity contribution in [3.05, 3.63) is 59.2 Å². The van der Waals surface area contributed by atoms with Crippen molar-refractivity contribution in [3.8, 4) is 11.5 Å². The average molecular weight is 380 g/mol. The first kappa shape index (κ1) is 18.0. The Bertz CT molecular complexity index is 969. The third kappa shape index (κ3) is 2.89. The zero-order chi connectivity index (χ0) is 19.9. The van der Waals surface area contributed by atoms with Gasteiger partial charge in [-0.15, -0.1) is 0 Å². The molecule has 0 aromatic heterocycles. The van der Waals surface area contributed by atoms with E-state index in [9.17, 15) is 14.4 Å². The minimum absolute atomic E-state index is 0.118. The fourth-order valence-electron chi connectivity index (χ4n) is 3.40. The lowest BCUT2D eigenvalue weighted by molar-refractivity contribution is -0.130. The number of nitrogens with zero attached hydrogens (tertiary/aromatic N) is 1. The molecule has 0 spiro atoms. The number of imide groups is 1. The van der Waals surface area contributed by atoms with Gasteiger partial charge in [-0.25, -0.2) is 4.79 Å². The number of ether oxygens (including phenoxy) is 2. The molecule has 1 N–H and O–H groups in total. The van der Waals surface area contributed by atoms with E-state index in [1.54, 1.807) is 37.3 Å². The Kier molecular flexibility index (Phi) is 4.30. The van der Waals surface area contributed by atoms with Crippen LogP contribution in [0.3, 0.4) is 0 Å². The van der Waals surface area contributed by atoms with Crippen molar-refractivity contribution in [3.63, 3.8) is 0 Å². The van der Waals surface area contributed by atoms with Gasteiger partial charge in [0, 0.05) is 5.56 Å². The highest BCUT2D eigenvalue weighted by atomic mass is 16.7. The van der Waals surface area contributed by atoms with Gasteiger partial charge in [-0.3, -0.25) is 14.5 Å². The summed E-state index contributed by atoms with van der Waals surface area (Å²) in [5.74, 6) is 0.342. The summed E-state index contributed by atoms with van der Waals surface area (Å²) in [4.78, 5) is 39.0. The summed E-state index contributed by atoms with van der Waals surface area (Å²) in [6, 6.07) is 11.7. The van der Waals surface area contributed by atoms with Gasteiger partial charge >= 0.3 is 6.03 Å². The van der Waals surface area contributed by atoms with Crippen LogP contribution in [0.25, 0.3) is 0 Å². The predicted octanol–water partition coefficient (Wildman–Crippen LogP) is 2.63. The minimum Gasteiger partial charge on any atom is -0.454 e. The monoisotopic (exact) mass is 380 g/mol. The van der Waals surface area contributed by atoms with E-state index in [1.165, 1.54) is 0 Å². The fourth-order valence-corrected chi connectivity index (χ4v) is 3.40. The van der Waals surface area contributed by atoms with E-state index < -0.39 is 17.5 Å². The number of fused-ring (bicyclic) bond motifs is 1. The lowest BCUT2D eigenvalue weighted by atomic mass is 9.91. The smallest absolute Gasteiger partial charge is 0.325 e. The molecule has 0 aliphatic carbocycles. The van der Waals surface area contributed by atoms with Crippen LogP contribution < -0.4 is 14.8 Å². The molecular weight excluding hydrogens is 360 g/mol. The maximum absolute atomic E-state index is 13.0. The van der Waals surface area contributed by atoms with E-state index >= 15 is 0 Å². The normalized spacial score (nSPS) is 20.4. The second-order valence-corrected chi connectivity index (χ2v) is 6.99. The van der Waals surface area contributed by atoms with Gasteiger partial charge in [0.15, 0.2) is 17.3 Å². The molecule has 1 saturated heterocycles. The number of ketones is 1. The van der Waals surface area contributed by atoms with Gasteiger partial charge in [0.1, 0.15) is 5.54 Å². The molecule has 144 valence electrons. The van der Waals surface area contributed by atoms with Gasteiger partial charge in [-0.2, -0.15) is 0 Å². The molecule has 0 radical (unpaired) electrons. The molecule has 3 amide bonds. The van der Waals surface area contributed by atoms with Gasteiger partial charge in [-0.05, 0) is 36.6 Å². The second kappa shape index (κ2) is 6.67. The number of rotatable bonds is 5. The Morgan fingerprint density at radius 3 is 2.54 bits per heavy atom. The molecule has 7 nitrogen and oxygen atoms in total. The number of hydrogen-bond acceptors (Lipinski definition) is 5. The highest BCUT2D eigenvalue weighted by Gasteiger charge is 2.49. The zero-order valence-electron chi connectivity index (χ0n) is 15.7. The highest BCUT2D eigenvalue weighted by Crippen LogP contribution is 2.37. The van der Waals surface area contributed by atoms with Gasteiger partial charge in [0.05, 0.1) is 6.54 Å². The van der Waals surface area contributed by atoms with Gasteiger partial charge in [0.25, 0.3) is 5.91 Å². The summed E-state index contributed by atoms with van der Waals surface area (Å²) in [6.07, 6.45) is 0.870. The quantitative estimate of drug-likeness (QED) is 0.637. The molecule has 0 bridgehead atoms. The van der Waals surface area contributed by atoms with Crippen LogP contribution in [0.1, 0.15) is 35.3 Å². The van der Waals surface area contributed by atoms with Gasteiger partial charge in [-0.1, -0.05) is 37.3 Å².